The van der Waals surface area contributed by atoms with Gasteiger partial charge >= 0.3 is 0 Å². The Morgan fingerprint density at radius 1 is 1.06 bits per heavy atom. The highest BCUT2D eigenvalue weighted by Gasteiger charge is 2.40. The molecule has 1 aliphatic rings. The summed E-state index contributed by atoms with van der Waals surface area (Å²) in [6, 6.07) is 19.2. The van der Waals surface area contributed by atoms with Crippen molar-refractivity contribution in [2.75, 3.05) is 7.11 Å². The molecule has 3 aromatic rings. The Morgan fingerprint density at radius 3 is 2.32 bits per heavy atom. The van der Waals surface area contributed by atoms with E-state index in [4.69, 9.17) is 10.5 Å². The van der Waals surface area contributed by atoms with Crippen LogP contribution in [0.3, 0.4) is 0 Å². The third kappa shape index (κ3) is 3.89. The van der Waals surface area contributed by atoms with Gasteiger partial charge in [-0.3, -0.25) is 9.59 Å². The standard InChI is InChI=1S/C25H23FN2O3/c1-31-18-14-20-19(21(26)15-18)12-13-22(20)28(25(30)17-10-6-3-7-11-17)23(24(27)29)16-8-4-2-5-9-16/h2-11,14-15,22-23H,12-13H2,1H3,(H2,27,29)/t22-,23-/m1/s1. The highest BCUT2D eigenvalue weighted by molar-refractivity contribution is 5.98. The highest BCUT2D eigenvalue weighted by atomic mass is 19.1. The molecular formula is C25H23FN2O3. The van der Waals surface area contributed by atoms with Crippen molar-refractivity contribution in [2.24, 2.45) is 5.73 Å². The first-order chi connectivity index (χ1) is 15.0. The average Bonchev–Trinajstić information content (AvgIpc) is 3.22. The maximum atomic E-state index is 14.7. The zero-order chi connectivity index (χ0) is 22.0. The molecule has 5 nitrogen and oxygen atoms in total. The van der Waals surface area contributed by atoms with Gasteiger partial charge in [0.1, 0.15) is 17.6 Å². The molecule has 0 bridgehead atoms. The van der Waals surface area contributed by atoms with Crippen molar-refractivity contribution in [2.45, 2.75) is 24.9 Å². The third-order valence-corrected chi connectivity index (χ3v) is 5.72. The molecule has 31 heavy (non-hydrogen) atoms. The van der Waals surface area contributed by atoms with Gasteiger partial charge in [0, 0.05) is 11.6 Å². The largest absolute Gasteiger partial charge is 0.497 e. The van der Waals surface area contributed by atoms with Crippen LogP contribution in [-0.4, -0.2) is 23.8 Å². The number of primary amides is 1. The number of nitrogens with zero attached hydrogens (tertiary/aromatic N) is 1. The quantitative estimate of drug-likeness (QED) is 0.652. The van der Waals surface area contributed by atoms with Gasteiger partial charge in [-0.2, -0.15) is 0 Å². The van der Waals surface area contributed by atoms with Gasteiger partial charge in [-0.25, -0.2) is 4.39 Å². The van der Waals surface area contributed by atoms with E-state index in [0.717, 1.165) is 0 Å². The lowest BCUT2D eigenvalue weighted by molar-refractivity contribution is -0.123. The molecule has 4 rings (SSSR count). The van der Waals surface area contributed by atoms with Gasteiger partial charge in [0.05, 0.1) is 13.2 Å². The Balaban J connectivity index is 1.88. The molecule has 3 aromatic carbocycles. The molecule has 0 radical (unpaired) electrons. The fraction of sp³-hybridized carbons (Fsp3) is 0.200. The van der Waals surface area contributed by atoms with E-state index in [0.29, 0.717) is 40.8 Å². The van der Waals surface area contributed by atoms with Crippen LogP contribution in [0.15, 0.2) is 72.8 Å². The number of methoxy groups -OCH3 is 1. The summed E-state index contributed by atoms with van der Waals surface area (Å²) < 4.78 is 20.0. The van der Waals surface area contributed by atoms with Crippen molar-refractivity contribution in [3.05, 3.63) is 101 Å². The SMILES string of the molecule is COc1cc(F)c2c(c1)[C@H](N(C(=O)c1ccccc1)[C@@H](C(N)=O)c1ccccc1)CC2. The summed E-state index contributed by atoms with van der Waals surface area (Å²) in [4.78, 5) is 27.9. The zero-order valence-corrected chi connectivity index (χ0v) is 17.1. The lowest BCUT2D eigenvalue weighted by Gasteiger charge is -2.36. The Labute approximate surface area is 180 Å². The summed E-state index contributed by atoms with van der Waals surface area (Å²) in [6.07, 6.45) is 0.934. The monoisotopic (exact) mass is 418 g/mol. The second-order valence-electron chi connectivity index (χ2n) is 7.53. The van der Waals surface area contributed by atoms with Gasteiger partial charge in [0.15, 0.2) is 0 Å². The van der Waals surface area contributed by atoms with Crippen LogP contribution in [0.2, 0.25) is 0 Å². The van der Waals surface area contributed by atoms with Crippen LogP contribution in [0, 0.1) is 5.82 Å². The van der Waals surface area contributed by atoms with Crippen LogP contribution in [0.1, 0.15) is 45.6 Å². The summed E-state index contributed by atoms with van der Waals surface area (Å²) in [5, 5.41) is 0. The fourth-order valence-corrected chi connectivity index (χ4v) is 4.30. The predicted octanol–water partition coefficient (Wildman–Crippen LogP) is 4.19. The zero-order valence-electron chi connectivity index (χ0n) is 17.1. The van der Waals surface area contributed by atoms with Crippen LogP contribution in [0.5, 0.6) is 5.75 Å². The van der Waals surface area contributed by atoms with Crippen LogP contribution in [0.4, 0.5) is 4.39 Å². The molecule has 6 heteroatoms. The molecule has 0 heterocycles. The topological polar surface area (TPSA) is 72.6 Å². The summed E-state index contributed by atoms with van der Waals surface area (Å²) in [6.45, 7) is 0. The Morgan fingerprint density at radius 2 is 1.71 bits per heavy atom. The summed E-state index contributed by atoms with van der Waals surface area (Å²) in [5.74, 6) is -0.994. The number of carbonyl (C=O) groups excluding carboxylic acids is 2. The number of rotatable bonds is 6. The van der Waals surface area contributed by atoms with Crippen molar-refractivity contribution >= 4 is 11.8 Å². The second kappa shape index (κ2) is 8.60. The molecule has 0 unspecified atom stereocenters. The van der Waals surface area contributed by atoms with Gasteiger partial charge in [-0.1, -0.05) is 48.5 Å². The van der Waals surface area contributed by atoms with Crippen molar-refractivity contribution < 1.29 is 18.7 Å². The number of ether oxygens (including phenoxy) is 1. The molecule has 0 saturated heterocycles. The van der Waals surface area contributed by atoms with E-state index in [9.17, 15) is 14.0 Å². The molecule has 2 N–H and O–H groups in total. The Bertz CT molecular complexity index is 1100. The Kier molecular flexibility index (Phi) is 5.71. The Hall–Kier alpha value is -3.67. The van der Waals surface area contributed by atoms with E-state index < -0.39 is 18.0 Å². The molecule has 2 atom stereocenters. The number of benzene rings is 3. The van der Waals surface area contributed by atoms with E-state index >= 15 is 0 Å². The lowest BCUT2D eigenvalue weighted by Crippen LogP contribution is -2.43. The number of halogens is 1. The van der Waals surface area contributed by atoms with Gasteiger partial charge < -0.3 is 15.4 Å². The van der Waals surface area contributed by atoms with Gasteiger partial charge in [0.25, 0.3) is 5.91 Å². The smallest absolute Gasteiger partial charge is 0.255 e. The molecule has 0 fully saturated rings. The van der Waals surface area contributed by atoms with Crippen molar-refractivity contribution in [1.29, 1.82) is 0 Å². The average molecular weight is 418 g/mol. The van der Waals surface area contributed by atoms with Crippen molar-refractivity contribution in [3.63, 3.8) is 0 Å². The first-order valence-corrected chi connectivity index (χ1v) is 10.1. The molecular weight excluding hydrogens is 395 g/mol. The molecule has 0 saturated carbocycles. The summed E-state index contributed by atoms with van der Waals surface area (Å²) >= 11 is 0. The predicted molar refractivity (Wildman–Crippen MR) is 115 cm³/mol. The first kappa shape index (κ1) is 20.6. The minimum Gasteiger partial charge on any atom is -0.497 e. The van der Waals surface area contributed by atoms with Crippen LogP contribution >= 0.6 is 0 Å². The van der Waals surface area contributed by atoms with E-state index in [2.05, 4.69) is 0 Å². The van der Waals surface area contributed by atoms with Crippen molar-refractivity contribution in [3.8, 4) is 5.75 Å². The maximum absolute atomic E-state index is 14.7. The maximum Gasteiger partial charge on any atom is 0.255 e. The van der Waals surface area contributed by atoms with Gasteiger partial charge in [-0.05, 0) is 47.7 Å². The number of nitrogens with two attached hydrogens (primary N) is 1. The van der Waals surface area contributed by atoms with E-state index in [1.165, 1.54) is 18.1 Å². The van der Waals surface area contributed by atoms with Gasteiger partial charge in [0.2, 0.25) is 5.91 Å². The minimum atomic E-state index is -1.00. The fourth-order valence-electron chi connectivity index (χ4n) is 4.30. The normalized spacial score (nSPS) is 15.7. The molecule has 0 aromatic heterocycles. The van der Waals surface area contributed by atoms with Crippen LogP contribution < -0.4 is 10.5 Å². The number of hydrogen-bond acceptors (Lipinski definition) is 3. The van der Waals surface area contributed by atoms with E-state index in [1.54, 1.807) is 54.6 Å². The molecule has 158 valence electrons. The molecule has 0 aliphatic heterocycles. The highest BCUT2D eigenvalue weighted by Crippen LogP contribution is 2.43. The number of amides is 2. The lowest BCUT2D eigenvalue weighted by atomic mass is 9.97. The molecule has 0 spiro atoms. The number of hydrogen-bond donors (Lipinski definition) is 1. The van der Waals surface area contributed by atoms with Crippen LogP contribution in [-0.2, 0) is 11.2 Å². The number of fused-ring (bicyclic) bond motifs is 1. The second-order valence-corrected chi connectivity index (χ2v) is 7.53. The summed E-state index contributed by atoms with van der Waals surface area (Å²) in [5.41, 5.74) is 8.04. The third-order valence-electron chi connectivity index (χ3n) is 5.72. The van der Waals surface area contributed by atoms with Crippen molar-refractivity contribution in [1.82, 2.24) is 4.90 Å². The van der Waals surface area contributed by atoms with Crippen LogP contribution in [0.25, 0.3) is 0 Å². The van der Waals surface area contributed by atoms with Gasteiger partial charge in [-0.15, -0.1) is 0 Å². The molecule has 2 amide bonds. The van der Waals surface area contributed by atoms with E-state index in [-0.39, 0.29) is 11.7 Å². The summed E-state index contributed by atoms with van der Waals surface area (Å²) in [7, 11) is 1.47. The molecule has 1 aliphatic carbocycles. The first-order valence-electron chi connectivity index (χ1n) is 10.1. The minimum absolute atomic E-state index is 0.339. The number of carbonyl (C=O) groups is 2. The van der Waals surface area contributed by atoms with E-state index in [1.807, 2.05) is 12.1 Å².